The molecular weight excluding hydrogens is 254 g/mol. The highest BCUT2D eigenvalue weighted by Gasteiger charge is 2.23. The molecule has 0 atom stereocenters. The van der Waals surface area contributed by atoms with E-state index in [4.69, 9.17) is 0 Å². The van der Waals surface area contributed by atoms with Gasteiger partial charge in [-0.15, -0.1) is 5.10 Å². The molecule has 0 fully saturated rings. The number of carboxylic acids is 1. The monoisotopic (exact) mass is 273 g/mol. The van der Waals surface area contributed by atoms with E-state index >= 15 is 0 Å². The van der Waals surface area contributed by atoms with Crippen molar-refractivity contribution in [2.45, 2.75) is 39.5 Å². The summed E-state index contributed by atoms with van der Waals surface area (Å²) in [6.45, 7) is 8.09. The Labute approximate surface area is 118 Å². The fourth-order valence-corrected chi connectivity index (χ4v) is 2.31. The average molecular weight is 273 g/mol. The van der Waals surface area contributed by atoms with E-state index < -0.39 is 5.97 Å². The number of benzene rings is 1. The molecule has 0 radical (unpaired) electrons. The summed E-state index contributed by atoms with van der Waals surface area (Å²) in [4.78, 5) is 11.3. The van der Waals surface area contributed by atoms with E-state index in [9.17, 15) is 9.90 Å². The number of rotatable bonds is 4. The lowest BCUT2D eigenvalue weighted by Gasteiger charge is -2.15. The molecule has 0 unspecified atom stereocenters. The van der Waals surface area contributed by atoms with Crippen molar-refractivity contribution in [2.75, 3.05) is 0 Å². The first-order valence-corrected chi connectivity index (χ1v) is 6.71. The van der Waals surface area contributed by atoms with Crippen molar-refractivity contribution in [3.63, 3.8) is 0 Å². The maximum absolute atomic E-state index is 11.3. The number of carboxylic acid groups (broad SMARTS) is 1. The number of aromatic nitrogens is 3. The number of hydrogen-bond donors (Lipinski definition) is 1. The molecule has 5 heteroatoms. The van der Waals surface area contributed by atoms with Crippen molar-refractivity contribution in [3.8, 4) is 5.69 Å². The molecule has 106 valence electrons. The average Bonchev–Trinajstić information content (AvgIpc) is 2.83. The molecule has 0 aliphatic rings. The molecule has 0 saturated carbocycles. The molecular formula is C15H19N3O2. The lowest BCUT2D eigenvalue weighted by atomic mass is 10.0. The topological polar surface area (TPSA) is 68.0 Å². The fourth-order valence-electron chi connectivity index (χ4n) is 2.31. The van der Waals surface area contributed by atoms with E-state index in [-0.39, 0.29) is 11.6 Å². The van der Waals surface area contributed by atoms with Crippen LogP contribution in [-0.4, -0.2) is 26.1 Å². The van der Waals surface area contributed by atoms with Crippen molar-refractivity contribution in [1.29, 1.82) is 0 Å². The molecule has 0 amide bonds. The molecule has 0 bridgehead atoms. The Balaban J connectivity index is 2.68. The first kappa shape index (κ1) is 14.2. The van der Waals surface area contributed by atoms with Gasteiger partial charge >= 0.3 is 5.97 Å². The van der Waals surface area contributed by atoms with Crippen molar-refractivity contribution in [3.05, 3.63) is 41.2 Å². The first-order valence-electron chi connectivity index (χ1n) is 6.71. The molecule has 2 aromatic rings. The maximum atomic E-state index is 11.3. The SMILES string of the molecule is CC(C)c1ccccc1-n1nnc(C(=O)O)c1C(C)C. The Morgan fingerprint density at radius 2 is 1.80 bits per heavy atom. The Hall–Kier alpha value is -2.17. The number of carbonyl (C=O) groups is 1. The Morgan fingerprint density at radius 1 is 1.15 bits per heavy atom. The van der Waals surface area contributed by atoms with Crippen LogP contribution in [0.25, 0.3) is 5.69 Å². The first-order chi connectivity index (χ1) is 9.43. The molecule has 0 saturated heterocycles. The molecule has 1 N–H and O–H groups in total. The Kier molecular flexibility index (Phi) is 3.88. The molecule has 20 heavy (non-hydrogen) atoms. The second kappa shape index (κ2) is 5.45. The van der Waals surface area contributed by atoms with E-state index in [1.165, 1.54) is 0 Å². The fraction of sp³-hybridized carbons (Fsp3) is 0.400. The minimum Gasteiger partial charge on any atom is -0.476 e. The van der Waals surface area contributed by atoms with Crippen molar-refractivity contribution >= 4 is 5.97 Å². The maximum Gasteiger partial charge on any atom is 0.358 e. The highest BCUT2D eigenvalue weighted by Crippen LogP contribution is 2.27. The van der Waals surface area contributed by atoms with E-state index in [0.717, 1.165) is 11.3 Å². The predicted molar refractivity (Wildman–Crippen MR) is 76.5 cm³/mol. The van der Waals surface area contributed by atoms with Gasteiger partial charge in [-0.05, 0) is 23.5 Å². The zero-order chi connectivity index (χ0) is 14.9. The molecule has 0 spiro atoms. The van der Waals surface area contributed by atoms with Gasteiger partial charge in [0.15, 0.2) is 5.69 Å². The van der Waals surface area contributed by atoms with Crippen molar-refractivity contribution in [1.82, 2.24) is 15.0 Å². The molecule has 5 nitrogen and oxygen atoms in total. The minimum atomic E-state index is -1.04. The van der Waals surface area contributed by atoms with Crippen LogP contribution < -0.4 is 0 Å². The van der Waals surface area contributed by atoms with Crippen LogP contribution in [-0.2, 0) is 0 Å². The number of nitrogens with zero attached hydrogens (tertiary/aromatic N) is 3. The van der Waals surface area contributed by atoms with Crippen molar-refractivity contribution in [2.24, 2.45) is 0 Å². The summed E-state index contributed by atoms with van der Waals surface area (Å²) >= 11 is 0. The molecule has 1 heterocycles. The summed E-state index contributed by atoms with van der Waals surface area (Å²) in [6.07, 6.45) is 0. The van der Waals surface area contributed by atoms with Gasteiger partial charge in [-0.25, -0.2) is 9.48 Å². The molecule has 1 aromatic heterocycles. The number of hydrogen-bond acceptors (Lipinski definition) is 3. The standard InChI is InChI=1S/C15H19N3O2/c1-9(2)11-7-5-6-8-12(11)18-14(10(3)4)13(15(19)20)16-17-18/h5-10H,1-4H3,(H,19,20). The smallest absolute Gasteiger partial charge is 0.358 e. The summed E-state index contributed by atoms with van der Waals surface area (Å²) in [6, 6.07) is 7.88. The van der Waals surface area contributed by atoms with E-state index in [1.54, 1.807) is 4.68 Å². The van der Waals surface area contributed by atoms with Crippen LogP contribution in [0.2, 0.25) is 0 Å². The van der Waals surface area contributed by atoms with Gasteiger partial charge in [0.1, 0.15) is 0 Å². The highest BCUT2D eigenvalue weighted by atomic mass is 16.4. The van der Waals surface area contributed by atoms with Gasteiger partial charge in [-0.1, -0.05) is 51.1 Å². The van der Waals surface area contributed by atoms with Crippen LogP contribution in [0.3, 0.4) is 0 Å². The van der Waals surface area contributed by atoms with Gasteiger partial charge < -0.3 is 5.11 Å². The lowest BCUT2D eigenvalue weighted by Crippen LogP contribution is -2.10. The van der Waals surface area contributed by atoms with E-state index in [1.807, 2.05) is 38.1 Å². The van der Waals surface area contributed by atoms with E-state index in [0.29, 0.717) is 11.6 Å². The number of aromatic carboxylic acids is 1. The van der Waals surface area contributed by atoms with Gasteiger partial charge in [0.05, 0.1) is 11.4 Å². The Morgan fingerprint density at radius 3 is 2.35 bits per heavy atom. The van der Waals surface area contributed by atoms with Gasteiger partial charge in [0.2, 0.25) is 0 Å². The van der Waals surface area contributed by atoms with E-state index in [2.05, 4.69) is 24.2 Å². The highest BCUT2D eigenvalue weighted by molar-refractivity contribution is 5.86. The largest absolute Gasteiger partial charge is 0.476 e. The van der Waals surface area contributed by atoms with Crippen LogP contribution in [0.15, 0.2) is 24.3 Å². The summed E-state index contributed by atoms with van der Waals surface area (Å²) < 4.78 is 1.66. The lowest BCUT2D eigenvalue weighted by molar-refractivity contribution is 0.0688. The third-order valence-electron chi connectivity index (χ3n) is 3.24. The zero-order valence-corrected chi connectivity index (χ0v) is 12.2. The van der Waals surface area contributed by atoms with Crippen LogP contribution in [0.1, 0.15) is 61.3 Å². The molecule has 0 aliphatic carbocycles. The van der Waals surface area contributed by atoms with Crippen LogP contribution >= 0.6 is 0 Å². The summed E-state index contributed by atoms with van der Waals surface area (Å²) in [5, 5.41) is 17.1. The number of para-hydroxylation sites is 1. The molecule has 1 aromatic carbocycles. The summed E-state index contributed by atoms with van der Waals surface area (Å²) in [5.41, 5.74) is 2.67. The third kappa shape index (κ3) is 2.43. The van der Waals surface area contributed by atoms with Gasteiger partial charge in [0, 0.05) is 0 Å². The second-order valence-corrected chi connectivity index (χ2v) is 5.41. The van der Waals surface area contributed by atoms with Gasteiger partial charge in [0.25, 0.3) is 0 Å². The zero-order valence-electron chi connectivity index (χ0n) is 12.2. The molecule has 2 rings (SSSR count). The van der Waals surface area contributed by atoms with Gasteiger partial charge in [-0.2, -0.15) is 0 Å². The minimum absolute atomic E-state index is 0.0244. The van der Waals surface area contributed by atoms with Gasteiger partial charge in [-0.3, -0.25) is 0 Å². The van der Waals surface area contributed by atoms with Crippen LogP contribution in [0.4, 0.5) is 0 Å². The Bertz CT molecular complexity index is 630. The second-order valence-electron chi connectivity index (χ2n) is 5.41. The third-order valence-corrected chi connectivity index (χ3v) is 3.24. The quantitative estimate of drug-likeness (QED) is 0.928. The summed E-state index contributed by atoms with van der Waals surface area (Å²) in [5.74, 6) is -0.693. The van der Waals surface area contributed by atoms with Crippen LogP contribution in [0.5, 0.6) is 0 Å². The van der Waals surface area contributed by atoms with Crippen LogP contribution in [0, 0.1) is 0 Å². The molecule has 0 aliphatic heterocycles. The normalized spacial score (nSPS) is 11.3. The van der Waals surface area contributed by atoms with Crippen molar-refractivity contribution < 1.29 is 9.90 Å². The predicted octanol–water partition coefficient (Wildman–Crippen LogP) is 3.21. The summed E-state index contributed by atoms with van der Waals surface area (Å²) in [7, 11) is 0.